The monoisotopic (exact) mass is 598 g/mol. The second kappa shape index (κ2) is 11.6. The lowest BCUT2D eigenvalue weighted by molar-refractivity contribution is -0.139. The minimum absolute atomic E-state index is 0.0978. The topological polar surface area (TPSA) is 115 Å². The predicted molar refractivity (Wildman–Crippen MR) is 157 cm³/mol. The van der Waals surface area contributed by atoms with E-state index in [9.17, 15) is 14.4 Å². The van der Waals surface area contributed by atoms with Crippen molar-refractivity contribution in [3.8, 4) is 23.0 Å². The van der Waals surface area contributed by atoms with Gasteiger partial charge >= 0.3 is 11.9 Å². The molecule has 3 aromatic carbocycles. The van der Waals surface area contributed by atoms with Gasteiger partial charge in [-0.25, -0.2) is 14.6 Å². The first-order valence-electron chi connectivity index (χ1n) is 13.4. The van der Waals surface area contributed by atoms with Crippen molar-refractivity contribution in [2.75, 3.05) is 20.5 Å². The minimum Gasteiger partial charge on any atom is -0.497 e. The van der Waals surface area contributed by atoms with E-state index in [0.717, 1.165) is 5.56 Å². The molecule has 43 heavy (non-hydrogen) atoms. The summed E-state index contributed by atoms with van der Waals surface area (Å²) in [6.45, 7) is 3.74. The van der Waals surface area contributed by atoms with Crippen LogP contribution in [-0.2, 0) is 9.53 Å². The molecule has 1 aromatic heterocycles. The van der Waals surface area contributed by atoms with E-state index in [1.807, 2.05) is 0 Å². The largest absolute Gasteiger partial charge is 0.497 e. The lowest BCUT2D eigenvalue weighted by Gasteiger charge is -2.24. The number of methoxy groups -OCH3 is 1. The third-order valence-electron chi connectivity index (χ3n) is 6.94. The van der Waals surface area contributed by atoms with E-state index in [1.54, 1.807) is 93.8 Å². The molecule has 0 bridgehead atoms. The standard InChI is InChI=1S/C32H26N2O8S/c1-4-39-31(37)27-18(2)33-32-34(28(27)21-9-14-24-25(16-21)41-17-40-24)29(35)26(43-32)15-19-5-10-23(11-6-19)42-30(36)20-7-12-22(38-3)13-8-20/h5-16,28H,4,17H2,1-3H3/b26-15-/t28-/m0/s1. The number of carbonyl (C=O) groups is 2. The number of rotatable bonds is 7. The molecule has 10 nitrogen and oxygen atoms in total. The molecular formula is C32H26N2O8S. The summed E-state index contributed by atoms with van der Waals surface area (Å²) < 4.78 is 28.9. The quantitative estimate of drug-likeness (QED) is 0.234. The molecule has 0 unspecified atom stereocenters. The summed E-state index contributed by atoms with van der Waals surface area (Å²) in [5, 5.41) is 0. The fourth-order valence-electron chi connectivity index (χ4n) is 4.87. The molecule has 1 atom stereocenters. The molecule has 0 aliphatic carbocycles. The molecule has 4 aromatic rings. The average molecular weight is 599 g/mol. The van der Waals surface area contributed by atoms with Crippen molar-refractivity contribution in [3.05, 3.63) is 114 Å². The van der Waals surface area contributed by atoms with E-state index in [4.69, 9.17) is 23.7 Å². The smallest absolute Gasteiger partial charge is 0.343 e. The Morgan fingerprint density at radius 2 is 1.72 bits per heavy atom. The zero-order valence-electron chi connectivity index (χ0n) is 23.5. The van der Waals surface area contributed by atoms with Crippen LogP contribution in [0, 0.1) is 0 Å². The summed E-state index contributed by atoms with van der Waals surface area (Å²) >= 11 is 1.22. The number of aromatic nitrogens is 1. The number of ether oxygens (including phenoxy) is 5. The Kier molecular flexibility index (Phi) is 7.56. The molecule has 0 saturated heterocycles. The number of allylic oxidation sites excluding steroid dienone is 1. The molecule has 3 heterocycles. The fraction of sp³-hybridized carbons (Fsp3) is 0.188. The summed E-state index contributed by atoms with van der Waals surface area (Å²) in [4.78, 5) is 44.6. The summed E-state index contributed by atoms with van der Waals surface area (Å²) in [5.74, 6) is 1.08. The van der Waals surface area contributed by atoms with Crippen molar-refractivity contribution < 1.29 is 33.3 Å². The second-order valence-electron chi connectivity index (χ2n) is 9.60. The van der Waals surface area contributed by atoms with Gasteiger partial charge in [0.2, 0.25) is 6.79 Å². The van der Waals surface area contributed by atoms with Gasteiger partial charge in [-0.05, 0) is 79.6 Å². The van der Waals surface area contributed by atoms with Crippen LogP contribution in [0.1, 0.15) is 41.4 Å². The van der Waals surface area contributed by atoms with Crippen molar-refractivity contribution in [2.24, 2.45) is 4.99 Å². The van der Waals surface area contributed by atoms with Crippen molar-refractivity contribution in [1.82, 2.24) is 4.57 Å². The van der Waals surface area contributed by atoms with Crippen molar-refractivity contribution >= 4 is 29.4 Å². The molecule has 0 fully saturated rings. The SMILES string of the molecule is CCOC(=O)C1=C(C)N=c2s/c(=C\c3ccc(OC(=O)c4ccc(OC)cc4)cc3)c(=O)n2[C@H]1c1ccc2c(c1)OCO2. The number of nitrogens with zero attached hydrogens (tertiary/aromatic N) is 2. The highest BCUT2D eigenvalue weighted by Crippen LogP contribution is 2.38. The molecule has 6 rings (SSSR count). The van der Waals surface area contributed by atoms with Crippen molar-refractivity contribution in [1.29, 1.82) is 0 Å². The molecule has 0 spiro atoms. The Morgan fingerprint density at radius 3 is 2.44 bits per heavy atom. The summed E-state index contributed by atoms with van der Waals surface area (Å²) in [6, 6.07) is 18.0. The van der Waals surface area contributed by atoms with Crippen LogP contribution >= 0.6 is 11.3 Å². The van der Waals surface area contributed by atoms with Gasteiger partial charge in [-0.1, -0.05) is 29.5 Å². The van der Waals surface area contributed by atoms with E-state index < -0.39 is 18.0 Å². The maximum atomic E-state index is 13.9. The maximum Gasteiger partial charge on any atom is 0.343 e. The lowest BCUT2D eigenvalue weighted by Crippen LogP contribution is -2.39. The molecule has 0 amide bonds. The van der Waals surface area contributed by atoms with Crippen LogP contribution in [0.2, 0.25) is 0 Å². The van der Waals surface area contributed by atoms with Gasteiger partial charge in [0.1, 0.15) is 11.5 Å². The zero-order valence-corrected chi connectivity index (χ0v) is 24.3. The molecule has 0 saturated carbocycles. The van der Waals surface area contributed by atoms with E-state index in [-0.39, 0.29) is 24.5 Å². The maximum absolute atomic E-state index is 13.9. The highest BCUT2D eigenvalue weighted by atomic mass is 32.1. The molecule has 218 valence electrons. The van der Waals surface area contributed by atoms with Crippen LogP contribution in [-0.4, -0.2) is 37.0 Å². The second-order valence-corrected chi connectivity index (χ2v) is 10.6. The molecule has 2 aliphatic heterocycles. The van der Waals surface area contributed by atoms with Gasteiger partial charge in [-0.2, -0.15) is 0 Å². The number of hydrogen-bond donors (Lipinski definition) is 0. The van der Waals surface area contributed by atoms with Gasteiger partial charge in [0.15, 0.2) is 16.3 Å². The van der Waals surface area contributed by atoms with Crippen LogP contribution in [0.4, 0.5) is 0 Å². The molecule has 2 aliphatic rings. The van der Waals surface area contributed by atoms with Crippen molar-refractivity contribution in [2.45, 2.75) is 19.9 Å². The van der Waals surface area contributed by atoms with Crippen LogP contribution in [0.3, 0.4) is 0 Å². The Morgan fingerprint density at radius 1 is 1.00 bits per heavy atom. The fourth-order valence-corrected chi connectivity index (χ4v) is 5.91. The van der Waals surface area contributed by atoms with E-state index >= 15 is 0 Å². The normalized spacial score (nSPS) is 15.5. The van der Waals surface area contributed by atoms with E-state index in [0.29, 0.717) is 49.2 Å². The molecule has 11 heteroatoms. The number of fused-ring (bicyclic) bond motifs is 2. The van der Waals surface area contributed by atoms with Crippen LogP contribution in [0.5, 0.6) is 23.0 Å². The third-order valence-corrected chi connectivity index (χ3v) is 7.93. The summed E-state index contributed by atoms with van der Waals surface area (Å²) in [6.07, 6.45) is 1.74. The first-order chi connectivity index (χ1) is 20.9. The van der Waals surface area contributed by atoms with E-state index in [1.165, 1.54) is 15.9 Å². The van der Waals surface area contributed by atoms with Crippen LogP contribution < -0.4 is 33.8 Å². The lowest BCUT2D eigenvalue weighted by atomic mass is 9.95. The Hall–Kier alpha value is -5.16. The Labute approximate surface area is 249 Å². The first kappa shape index (κ1) is 28.0. The number of carbonyl (C=O) groups excluding carboxylic acids is 2. The number of benzene rings is 3. The Bertz CT molecular complexity index is 1940. The highest BCUT2D eigenvalue weighted by molar-refractivity contribution is 7.07. The van der Waals surface area contributed by atoms with Crippen LogP contribution in [0.25, 0.3) is 6.08 Å². The van der Waals surface area contributed by atoms with Gasteiger partial charge < -0.3 is 23.7 Å². The van der Waals surface area contributed by atoms with Crippen molar-refractivity contribution in [3.63, 3.8) is 0 Å². The number of thiazole rings is 1. The highest BCUT2D eigenvalue weighted by Gasteiger charge is 2.34. The first-order valence-corrected chi connectivity index (χ1v) is 14.2. The Balaban J connectivity index is 1.34. The van der Waals surface area contributed by atoms with Gasteiger partial charge in [0.05, 0.1) is 41.1 Å². The zero-order chi connectivity index (χ0) is 30.1. The van der Waals surface area contributed by atoms with Gasteiger partial charge in [-0.15, -0.1) is 0 Å². The third kappa shape index (κ3) is 5.42. The predicted octanol–water partition coefficient (Wildman–Crippen LogP) is 3.75. The number of esters is 2. The van der Waals surface area contributed by atoms with E-state index in [2.05, 4.69) is 4.99 Å². The molecule has 0 radical (unpaired) electrons. The molecule has 0 N–H and O–H groups in total. The van der Waals surface area contributed by atoms with Gasteiger partial charge in [0, 0.05) is 0 Å². The molecular weight excluding hydrogens is 572 g/mol. The van der Waals surface area contributed by atoms with Crippen LogP contribution in [0.15, 0.2) is 87.8 Å². The number of hydrogen-bond acceptors (Lipinski definition) is 10. The summed E-state index contributed by atoms with van der Waals surface area (Å²) in [7, 11) is 1.55. The van der Waals surface area contributed by atoms with Gasteiger partial charge in [0.25, 0.3) is 5.56 Å². The summed E-state index contributed by atoms with van der Waals surface area (Å²) in [5.41, 5.74) is 2.21. The van der Waals surface area contributed by atoms with Gasteiger partial charge in [-0.3, -0.25) is 9.36 Å². The minimum atomic E-state index is -0.772. The average Bonchev–Trinajstić information content (AvgIpc) is 3.61.